The molecule has 1 amide bonds. The van der Waals surface area contributed by atoms with Gasteiger partial charge < -0.3 is 10.1 Å². The van der Waals surface area contributed by atoms with E-state index in [2.05, 4.69) is 19.2 Å². The van der Waals surface area contributed by atoms with Gasteiger partial charge in [0.05, 0.1) is 7.11 Å². The van der Waals surface area contributed by atoms with Gasteiger partial charge in [-0.25, -0.2) is 8.42 Å². The van der Waals surface area contributed by atoms with Gasteiger partial charge in [0.2, 0.25) is 15.9 Å². The van der Waals surface area contributed by atoms with Crippen LogP contribution in [-0.4, -0.2) is 38.8 Å². The molecule has 0 bridgehead atoms. The number of benzene rings is 2. The van der Waals surface area contributed by atoms with Crippen LogP contribution in [0.4, 0.5) is 5.69 Å². The van der Waals surface area contributed by atoms with Gasteiger partial charge in [0.25, 0.3) is 0 Å². The van der Waals surface area contributed by atoms with Crippen LogP contribution in [0.15, 0.2) is 47.4 Å². The van der Waals surface area contributed by atoms with Crippen molar-refractivity contribution in [2.45, 2.75) is 44.4 Å². The summed E-state index contributed by atoms with van der Waals surface area (Å²) in [5.41, 5.74) is 2.84. The van der Waals surface area contributed by atoms with Crippen molar-refractivity contribution in [3.8, 4) is 5.75 Å². The van der Waals surface area contributed by atoms with Crippen LogP contribution in [0.2, 0.25) is 0 Å². The third-order valence-corrected chi connectivity index (χ3v) is 7.53. The lowest BCUT2D eigenvalue weighted by atomic mass is 9.97. The Labute approximate surface area is 179 Å². The average molecular weight is 431 g/mol. The number of hydrogen-bond acceptors (Lipinski definition) is 4. The van der Waals surface area contributed by atoms with E-state index in [1.807, 2.05) is 37.3 Å². The molecule has 0 spiro atoms. The topological polar surface area (TPSA) is 75.7 Å². The fourth-order valence-electron chi connectivity index (χ4n) is 3.68. The molecule has 30 heavy (non-hydrogen) atoms. The van der Waals surface area contributed by atoms with E-state index in [1.165, 1.54) is 17.0 Å². The summed E-state index contributed by atoms with van der Waals surface area (Å²) in [7, 11) is -2.21. The Kier molecular flexibility index (Phi) is 6.83. The van der Waals surface area contributed by atoms with Crippen molar-refractivity contribution in [2.75, 3.05) is 25.5 Å². The molecule has 1 fully saturated rings. The Morgan fingerprint density at radius 1 is 1.10 bits per heavy atom. The highest BCUT2D eigenvalue weighted by Gasteiger charge is 2.33. The predicted octanol–water partition coefficient (Wildman–Crippen LogP) is 4.17. The summed E-state index contributed by atoms with van der Waals surface area (Å²) in [6, 6.07) is 13.0. The minimum Gasteiger partial charge on any atom is -0.495 e. The number of amides is 1. The van der Waals surface area contributed by atoms with E-state index in [4.69, 9.17) is 4.74 Å². The Morgan fingerprint density at radius 3 is 2.30 bits per heavy atom. The lowest BCUT2D eigenvalue weighted by molar-refractivity contribution is -0.120. The molecule has 0 atom stereocenters. The molecule has 1 aliphatic rings. The quantitative estimate of drug-likeness (QED) is 0.746. The van der Waals surface area contributed by atoms with Crippen molar-refractivity contribution in [1.29, 1.82) is 0 Å². The molecule has 6 nitrogen and oxygen atoms in total. The Bertz CT molecular complexity index is 992. The van der Waals surface area contributed by atoms with Crippen molar-refractivity contribution in [3.05, 3.63) is 53.6 Å². The summed E-state index contributed by atoms with van der Waals surface area (Å²) in [6.45, 7) is 6.72. The Morgan fingerprint density at radius 2 is 1.73 bits per heavy atom. The second kappa shape index (κ2) is 9.18. The van der Waals surface area contributed by atoms with Gasteiger partial charge in [-0.15, -0.1) is 0 Å². The maximum atomic E-state index is 13.1. The zero-order chi connectivity index (χ0) is 21.9. The minimum absolute atomic E-state index is 0.0579. The molecule has 0 radical (unpaired) electrons. The number of nitrogens with zero attached hydrogens (tertiary/aromatic N) is 1. The van der Waals surface area contributed by atoms with Crippen molar-refractivity contribution in [1.82, 2.24) is 4.31 Å². The van der Waals surface area contributed by atoms with E-state index in [9.17, 15) is 13.2 Å². The second-order valence-corrected chi connectivity index (χ2v) is 10.0. The third-order valence-electron chi connectivity index (χ3n) is 5.61. The van der Waals surface area contributed by atoms with Crippen molar-refractivity contribution in [3.63, 3.8) is 0 Å². The SMILES string of the molecule is COc1ccc(C)cc1S(=O)(=O)N1CCC(C(=O)Nc2ccc(C(C)C)cc2)CC1. The first kappa shape index (κ1) is 22.3. The summed E-state index contributed by atoms with van der Waals surface area (Å²) in [5, 5.41) is 2.96. The zero-order valence-corrected chi connectivity index (χ0v) is 18.8. The second-order valence-electron chi connectivity index (χ2n) is 8.10. The number of anilines is 1. The lowest BCUT2D eigenvalue weighted by Crippen LogP contribution is -2.41. The first-order chi connectivity index (χ1) is 14.2. The van der Waals surface area contributed by atoms with Gasteiger partial charge in [0.1, 0.15) is 10.6 Å². The molecule has 1 heterocycles. The van der Waals surface area contributed by atoms with E-state index >= 15 is 0 Å². The highest BCUT2D eigenvalue weighted by atomic mass is 32.2. The van der Waals surface area contributed by atoms with Crippen LogP contribution in [0, 0.1) is 12.8 Å². The smallest absolute Gasteiger partial charge is 0.246 e. The van der Waals surface area contributed by atoms with E-state index in [0.717, 1.165) is 11.3 Å². The number of carbonyl (C=O) groups is 1. The maximum Gasteiger partial charge on any atom is 0.246 e. The molecular weight excluding hydrogens is 400 g/mol. The molecule has 162 valence electrons. The van der Waals surface area contributed by atoms with Gasteiger partial charge in [-0.3, -0.25) is 4.79 Å². The van der Waals surface area contributed by atoms with Crippen LogP contribution in [0.1, 0.15) is 43.7 Å². The molecule has 3 rings (SSSR count). The van der Waals surface area contributed by atoms with Crippen molar-refractivity contribution < 1.29 is 17.9 Å². The molecule has 1 N–H and O–H groups in total. The lowest BCUT2D eigenvalue weighted by Gasteiger charge is -2.31. The summed E-state index contributed by atoms with van der Waals surface area (Å²) < 4.78 is 32.9. The monoisotopic (exact) mass is 430 g/mol. The first-order valence-corrected chi connectivity index (χ1v) is 11.7. The van der Waals surface area contributed by atoms with E-state index < -0.39 is 10.0 Å². The number of rotatable bonds is 6. The van der Waals surface area contributed by atoms with E-state index in [1.54, 1.807) is 12.1 Å². The highest BCUT2D eigenvalue weighted by Crippen LogP contribution is 2.31. The summed E-state index contributed by atoms with van der Waals surface area (Å²) in [5.74, 6) is 0.511. The van der Waals surface area contributed by atoms with Crippen molar-refractivity contribution in [2.24, 2.45) is 5.92 Å². The van der Waals surface area contributed by atoms with E-state index in [0.29, 0.717) is 37.6 Å². The number of nitrogens with one attached hydrogen (secondary N) is 1. The highest BCUT2D eigenvalue weighted by molar-refractivity contribution is 7.89. The van der Waals surface area contributed by atoms with Crippen LogP contribution in [0.25, 0.3) is 0 Å². The standard InChI is InChI=1S/C23H30N2O4S/c1-16(2)18-6-8-20(9-7-18)24-23(26)19-11-13-25(14-12-19)30(27,28)22-15-17(3)5-10-21(22)29-4/h5-10,15-16,19H,11-14H2,1-4H3,(H,24,26). The molecule has 2 aromatic rings. The number of carbonyl (C=O) groups excluding carboxylic acids is 1. The number of piperidine rings is 1. The molecule has 7 heteroatoms. The number of methoxy groups -OCH3 is 1. The predicted molar refractivity (Wildman–Crippen MR) is 118 cm³/mol. The first-order valence-electron chi connectivity index (χ1n) is 10.3. The average Bonchev–Trinajstić information content (AvgIpc) is 2.74. The van der Waals surface area contributed by atoms with E-state index in [-0.39, 0.29) is 16.7 Å². The van der Waals surface area contributed by atoms with Gasteiger partial charge in [0, 0.05) is 24.7 Å². The van der Waals surface area contributed by atoms with Crippen LogP contribution in [0.3, 0.4) is 0 Å². The van der Waals surface area contributed by atoms with Gasteiger partial charge in [-0.05, 0) is 61.1 Å². The molecule has 2 aromatic carbocycles. The number of sulfonamides is 1. The van der Waals surface area contributed by atoms with Gasteiger partial charge >= 0.3 is 0 Å². The van der Waals surface area contributed by atoms with Gasteiger partial charge in [-0.2, -0.15) is 4.31 Å². The largest absolute Gasteiger partial charge is 0.495 e. The third kappa shape index (κ3) is 4.84. The molecule has 0 unspecified atom stereocenters. The molecule has 0 aromatic heterocycles. The van der Waals surface area contributed by atoms with Crippen LogP contribution >= 0.6 is 0 Å². The van der Waals surface area contributed by atoms with Crippen LogP contribution in [-0.2, 0) is 14.8 Å². The van der Waals surface area contributed by atoms with Gasteiger partial charge in [-0.1, -0.05) is 32.0 Å². The molecule has 1 saturated heterocycles. The summed E-state index contributed by atoms with van der Waals surface area (Å²) in [4.78, 5) is 12.8. The fourth-order valence-corrected chi connectivity index (χ4v) is 5.39. The Hall–Kier alpha value is -2.38. The molecule has 1 aliphatic heterocycles. The van der Waals surface area contributed by atoms with Crippen LogP contribution < -0.4 is 10.1 Å². The maximum absolute atomic E-state index is 13.1. The van der Waals surface area contributed by atoms with Crippen molar-refractivity contribution >= 4 is 21.6 Å². The number of aryl methyl sites for hydroxylation is 1. The zero-order valence-electron chi connectivity index (χ0n) is 18.0. The summed E-state index contributed by atoms with van der Waals surface area (Å²) in [6.07, 6.45) is 0.979. The molecule has 0 aliphatic carbocycles. The molecular formula is C23H30N2O4S. The number of ether oxygens (including phenoxy) is 1. The van der Waals surface area contributed by atoms with Gasteiger partial charge in [0.15, 0.2) is 0 Å². The number of hydrogen-bond donors (Lipinski definition) is 1. The fraction of sp³-hybridized carbons (Fsp3) is 0.435. The Balaban J connectivity index is 1.64. The van der Waals surface area contributed by atoms with Crippen LogP contribution in [0.5, 0.6) is 5.75 Å². The minimum atomic E-state index is -3.67. The summed E-state index contributed by atoms with van der Waals surface area (Å²) >= 11 is 0. The molecule has 0 saturated carbocycles. The normalized spacial score (nSPS) is 15.9.